The lowest BCUT2D eigenvalue weighted by atomic mass is 10.2. The van der Waals surface area contributed by atoms with Crippen LogP contribution in [0.4, 0.5) is 5.82 Å². The van der Waals surface area contributed by atoms with E-state index in [1.54, 1.807) is 13.4 Å². The molecule has 0 aromatic carbocycles. The zero-order chi connectivity index (χ0) is 28.4. The maximum atomic E-state index is 13.7. The highest BCUT2D eigenvalue weighted by molar-refractivity contribution is 7.48. The van der Waals surface area contributed by atoms with E-state index in [0.29, 0.717) is 30.1 Å². The summed E-state index contributed by atoms with van der Waals surface area (Å²) in [5.74, 6) is 0.333. The SMILES string of the molecule is CNc1nc(Cl)nc2c1ncn2CC(CO[Si](C)(C)C(C)(C)C)COP(=O)(OC(C)(C)C)OC(C)(C)C. The first-order chi connectivity index (χ1) is 16.6. The van der Waals surface area contributed by atoms with E-state index in [1.165, 1.54) is 0 Å². The van der Waals surface area contributed by atoms with Gasteiger partial charge in [-0.3, -0.25) is 13.6 Å². The van der Waals surface area contributed by atoms with Gasteiger partial charge in [0.05, 0.1) is 24.1 Å². The average Bonchev–Trinajstić information content (AvgIpc) is 3.08. The largest absolute Gasteiger partial charge is 0.475 e. The Kier molecular flexibility index (Phi) is 10.1. The van der Waals surface area contributed by atoms with Gasteiger partial charge in [-0.15, -0.1) is 0 Å². The van der Waals surface area contributed by atoms with E-state index >= 15 is 0 Å². The fourth-order valence-electron chi connectivity index (χ4n) is 3.14. The molecule has 0 aliphatic heterocycles. The first-order valence-corrected chi connectivity index (χ1v) is 17.3. The second-order valence-electron chi connectivity index (χ2n) is 12.7. The topological polar surface area (TPSA) is 110 Å². The molecular weight excluding hydrogens is 533 g/mol. The Labute approximate surface area is 227 Å². The minimum atomic E-state index is -3.90. The fraction of sp³-hybridized carbons (Fsp3) is 0.792. The van der Waals surface area contributed by atoms with Crippen molar-refractivity contribution in [3.05, 3.63) is 11.6 Å². The smallest absolute Gasteiger partial charge is 0.416 e. The molecule has 0 aliphatic rings. The number of aromatic nitrogens is 4. The quantitative estimate of drug-likeness (QED) is 0.173. The molecule has 0 amide bonds. The highest BCUT2D eigenvalue weighted by Crippen LogP contribution is 2.55. The standard InChI is InChI=1S/C24H45ClN5O5PSi/c1-22(2,3)34-36(31,35-23(4,5)6)32-14-17(15-33-37(11,12)24(7,8)9)13-30-16-27-18-19(26-10)28-21(25)29-20(18)30/h16-17H,13-15H2,1-12H3,(H,26,28,29). The summed E-state index contributed by atoms with van der Waals surface area (Å²) in [5.41, 5.74) is -0.270. The lowest BCUT2D eigenvalue weighted by Crippen LogP contribution is -2.42. The number of hydrogen-bond donors (Lipinski definition) is 1. The summed E-state index contributed by atoms with van der Waals surface area (Å²) in [4.78, 5) is 13.1. The number of nitrogens with one attached hydrogen (secondary N) is 1. The van der Waals surface area contributed by atoms with Crippen molar-refractivity contribution in [2.45, 2.75) is 98.2 Å². The molecular formula is C24H45ClN5O5PSi. The lowest BCUT2D eigenvalue weighted by molar-refractivity contribution is -0.00416. The van der Waals surface area contributed by atoms with Crippen LogP contribution in [0.1, 0.15) is 62.3 Å². The number of nitrogens with zero attached hydrogens (tertiary/aromatic N) is 4. The molecule has 13 heteroatoms. The van der Waals surface area contributed by atoms with Crippen LogP contribution in [-0.2, 0) is 29.1 Å². The van der Waals surface area contributed by atoms with Crippen LogP contribution in [0.15, 0.2) is 6.33 Å². The summed E-state index contributed by atoms with van der Waals surface area (Å²) < 4.78 is 39.7. The van der Waals surface area contributed by atoms with E-state index in [1.807, 2.05) is 46.1 Å². The Bertz CT molecular complexity index is 1090. The van der Waals surface area contributed by atoms with Crippen molar-refractivity contribution in [2.24, 2.45) is 5.92 Å². The predicted molar refractivity (Wildman–Crippen MR) is 152 cm³/mol. The van der Waals surface area contributed by atoms with Crippen molar-refractivity contribution in [2.75, 3.05) is 25.6 Å². The number of phosphoric acid groups is 1. The van der Waals surface area contributed by atoms with E-state index in [0.717, 1.165) is 0 Å². The number of rotatable bonds is 11. The maximum absolute atomic E-state index is 13.7. The molecule has 2 rings (SSSR count). The Morgan fingerprint density at radius 3 is 2.08 bits per heavy atom. The van der Waals surface area contributed by atoms with E-state index in [4.69, 9.17) is 29.6 Å². The molecule has 37 heavy (non-hydrogen) atoms. The van der Waals surface area contributed by atoms with Gasteiger partial charge in [-0.25, -0.2) is 9.55 Å². The van der Waals surface area contributed by atoms with Gasteiger partial charge in [-0.05, 0) is 71.3 Å². The van der Waals surface area contributed by atoms with Crippen LogP contribution in [0.25, 0.3) is 11.2 Å². The number of phosphoric ester groups is 1. The van der Waals surface area contributed by atoms with E-state index < -0.39 is 27.3 Å². The minimum absolute atomic E-state index is 0.0303. The molecule has 212 valence electrons. The second kappa shape index (κ2) is 11.6. The zero-order valence-electron chi connectivity index (χ0n) is 24.4. The molecule has 10 nitrogen and oxygen atoms in total. The molecule has 0 aliphatic carbocycles. The van der Waals surface area contributed by atoms with Gasteiger partial charge in [0.25, 0.3) is 0 Å². The maximum Gasteiger partial charge on any atom is 0.475 e. The third-order valence-corrected chi connectivity index (χ3v) is 12.5. The van der Waals surface area contributed by atoms with Gasteiger partial charge in [0, 0.05) is 26.1 Å². The van der Waals surface area contributed by atoms with Crippen molar-refractivity contribution in [3.63, 3.8) is 0 Å². The van der Waals surface area contributed by atoms with Crippen LogP contribution in [-0.4, -0.2) is 59.3 Å². The second-order valence-corrected chi connectivity index (χ2v) is 19.4. The van der Waals surface area contributed by atoms with Crippen LogP contribution < -0.4 is 5.32 Å². The van der Waals surface area contributed by atoms with E-state index in [2.05, 4.69) is 54.1 Å². The van der Waals surface area contributed by atoms with Crippen molar-refractivity contribution >= 4 is 44.7 Å². The number of imidazole rings is 1. The first kappa shape index (κ1) is 32.1. The summed E-state index contributed by atoms with van der Waals surface area (Å²) in [6.45, 7) is 22.7. The number of hydrogen-bond acceptors (Lipinski definition) is 9. The van der Waals surface area contributed by atoms with Crippen LogP contribution in [0.3, 0.4) is 0 Å². The molecule has 2 aromatic heterocycles. The van der Waals surface area contributed by atoms with Crippen LogP contribution >= 0.6 is 19.4 Å². The third kappa shape index (κ3) is 9.56. The highest BCUT2D eigenvalue weighted by atomic mass is 35.5. The van der Waals surface area contributed by atoms with Crippen LogP contribution in [0.2, 0.25) is 23.4 Å². The van der Waals surface area contributed by atoms with Crippen LogP contribution in [0.5, 0.6) is 0 Å². The summed E-state index contributed by atoms with van der Waals surface area (Å²) in [6, 6.07) is 0. The molecule has 0 saturated carbocycles. The Balaban J connectivity index is 2.38. The zero-order valence-corrected chi connectivity index (χ0v) is 27.1. The Morgan fingerprint density at radius 2 is 1.59 bits per heavy atom. The number of halogens is 1. The molecule has 0 fully saturated rings. The predicted octanol–water partition coefficient (Wildman–Crippen LogP) is 6.91. The molecule has 1 atom stereocenters. The third-order valence-electron chi connectivity index (χ3n) is 5.85. The average molecular weight is 578 g/mol. The van der Waals surface area contributed by atoms with Gasteiger partial charge in [0.1, 0.15) is 0 Å². The summed E-state index contributed by atoms with van der Waals surface area (Å²) >= 11 is 6.17. The molecule has 0 bridgehead atoms. The number of anilines is 1. The minimum Gasteiger partial charge on any atom is -0.416 e. The van der Waals surface area contributed by atoms with Crippen LogP contribution in [0, 0.1) is 5.92 Å². The molecule has 0 saturated heterocycles. The molecule has 2 heterocycles. The van der Waals surface area contributed by atoms with Crippen molar-refractivity contribution in [1.82, 2.24) is 19.5 Å². The van der Waals surface area contributed by atoms with E-state index in [9.17, 15) is 4.57 Å². The highest BCUT2D eigenvalue weighted by Gasteiger charge is 2.40. The van der Waals surface area contributed by atoms with Gasteiger partial charge in [-0.2, -0.15) is 9.97 Å². The fourth-order valence-corrected chi connectivity index (χ4v) is 6.27. The van der Waals surface area contributed by atoms with Crippen molar-refractivity contribution in [3.8, 4) is 0 Å². The summed E-state index contributed by atoms with van der Waals surface area (Å²) in [7, 11) is -4.21. The summed E-state index contributed by atoms with van der Waals surface area (Å²) in [5, 5.41) is 3.15. The molecule has 2 aromatic rings. The Morgan fingerprint density at radius 1 is 1.03 bits per heavy atom. The van der Waals surface area contributed by atoms with Gasteiger partial charge in [-0.1, -0.05) is 20.8 Å². The van der Waals surface area contributed by atoms with Gasteiger partial charge < -0.3 is 14.3 Å². The summed E-state index contributed by atoms with van der Waals surface area (Å²) in [6.07, 6.45) is 1.69. The van der Waals surface area contributed by atoms with Gasteiger partial charge in [0.15, 0.2) is 25.3 Å². The molecule has 0 spiro atoms. The van der Waals surface area contributed by atoms with Crippen molar-refractivity contribution < 1.29 is 22.6 Å². The normalized spacial score (nSPS) is 14.8. The van der Waals surface area contributed by atoms with Crippen molar-refractivity contribution in [1.29, 1.82) is 0 Å². The van der Waals surface area contributed by atoms with Gasteiger partial charge >= 0.3 is 7.82 Å². The number of fused-ring (bicyclic) bond motifs is 1. The monoisotopic (exact) mass is 577 g/mol. The lowest BCUT2D eigenvalue weighted by Gasteiger charge is -2.37. The Hall–Kier alpha value is -1.07. The first-order valence-electron chi connectivity index (χ1n) is 12.5. The molecule has 1 N–H and O–H groups in total. The molecule has 0 radical (unpaired) electrons. The molecule has 1 unspecified atom stereocenters. The van der Waals surface area contributed by atoms with Gasteiger partial charge in [0.2, 0.25) is 5.28 Å². The van der Waals surface area contributed by atoms with E-state index in [-0.39, 0.29) is 22.8 Å².